The van der Waals surface area contributed by atoms with Gasteiger partial charge in [-0.15, -0.1) is 11.6 Å². The third-order valence-electron chi connectivity index (χ3n) is 2.52. The summed E-state index contributed by atoms with van der Waals surface area (Å²) in [6.45, 7) is 0.385. The Morgan fingerprint density at radius 3 is 2.79 bits per heavy atom. The molecule has 0 N–H and O–H groups in total. The van der Waals surface area contributed by atoms with Gasteiger partial charge in [0.2, 0.25) is 5.88 Å². The largest absolute Gasteiger partial charge is 0.486 e. The first-order valence-electron chi connectivity index (χ1n) is 5.70. The summed E-state index contributed by atoms with van der Waals surface area (Å²) in [5.74, 6) is 1.83. The van der Waals surface area contributed by atoms with E-state index in [1.807, 2.05) is 30.3 Å². The third kappa shape index (κ3) is 3.85. The molecule has 0 bridgehead atoms. The number of hydrogen-bond donors (Lipinski definition) is 0. The van der Waals surface area contributed by atoms with Crippen molar-refractivity contribution in [3.8, 4) is 11.6 Å². The standard InChI is InChI=1S/C14H13BrClNO2/c1-18-14-4-2-3-11(17-14)9-19-13-6-5-10(8-16)7-12(13)15/h2-7H,8-9H2,1H3. The van der Waals surface area contributed by atoms with E-state index in [9.17, 15) is 0 Å². The fourth-order valence-corrected chi connectivity index (χ4v) is 2.25. The van der Waals surface area contributed by atoms with E-state index in [0.717, 1.165) is 21.5 Å². The first-order chi connectivity index (χ1) is 9.22. The van der Waals surface area contributed by atoms with Crippen LogP contribution in [0.2, 0.25) is 0 Å². The van der Waals surface area contributed by atoms with E-state index in [1.165, 1.54) is 0 Å². The Morgan fingerprint density at radius 2 is 2.11 bits per heavy atom. The quantitative estimate of drug-likeness (QED) is 0.764. The van der Waals surface area contributed by atoms with Gasteiger partial charge in [-0.25, -0.2) is 4.98 Å². The molecule has 0 aliphatic heterocycles. The lowest BCUT2D eigenvalue weighted by Crippen LogP contribution is -2.00. The lowest BCUT2D eigenvalue weighted by Gasteiger charge is -2.09. The van der Waals surface area contributed by atoms with Crippen LogP contribution >= 0.6 is 27.5 Å². The molecule has 0 radical (unpaired) electrons. The summed E-state index contributed by atoms with van der Waals surface area (Å²) in [4.78, 5) is 4.29. The number of pyridine rings is 1. The van der Waals surface area contributed by atoms with Crippen LogP contribution in [0.25, 0.3) is 0 Å². The first-order valence-corrected chi connectivity index (χ1v) is 7.03. The van der Waals surface area contributed by atoms with E-state index in [4.69, 9.17) is 21.1 Å². The van der Waals surface area contributed by atoms with Crippen molar-refractivity contribution in [3.63, 3.8) is 0 Å². The zero-order valence-electron chi connectivity index (χ0n) is 10.4. The molecule has 0 atom stereocenters. The number of methoxy groups -OCH3 is 1. The molecule has 5 heteroatoms. The second-order valence-electron chi connectivity index (χ2n) is 3.86. The van der Waals surface area contributed by atoms with Gasteiger partial charge in [0.05, 0.1) is 17.3 Å². The average Bonchev–Trinajstić information content (AvgIpc) is 2.46. The Bertz CT molecular complexity index is 563. The maximum atomic E-state index is 5.77. The van der Waals surface area contributed by atoms with Crippen LogP contribution in [0.15, 0.2) is 40.9 Å². The van der Waals surface area contributed by atoms with Gasteiger partial charge in [-0.2, -0.15) is 0 Å². The number of rotatable bonds is 5. The van der Waals surface area contributed by atoms with Crippen molar-refractivity contribution in [2.24, 2.45) is 0 Å². The second kappa shape index (κ2) is 6.78. The Labute approximate surface area is 125 Å². The van der Waals surface area contributed by atoms with Gasteiger partial charge in [-0.1, -0.05) is 12.1 Å². The molecule has 0 saturated carbocycles. The number of benzene rings is 1. The second-order valence-corrected chi connectivity index (χ2v) is 4.98. The highest BCUT2D eigenvalue weighted by atomic mass is 79.9. The van der Waals surface area contributed by atoms with Crippen LogP contribution in [0.1, 0.15) is 11.3 Å². The van der Waals surface area contributed by atoms with Crippen molar-refractivity contribution in [3.05, 3.63) is 52.1 Å². The number of hydrogen-bond acceptors (Lipinski definition) is 3. The monoisotopic (exact) mass is 341 g/mol. The van der Waals surface area contributed by atoms with Gasteiger partial charge < -0.3 is 9.47 Å². The number of alkyl halides is 1. The lowest BCUT2D eigenvalue weighted by atomic mass is 10.2. The number of ether oxygens (including phenoxy) is 2. The van der Waals surface area contributed by atoms with Gasteiger partial charge >= 0.3 is 0 Å². The predicted octanol–water partition coefficient (Wildman–Crippen LogP) is 4.17. The molecule has 100 valence electrons. The molecule has 1 heterocycles. The summed E-state index contributed by atoms with van der Waals surface area (Å²) < 4.78 is 11.7. The van der Waals surface area contributed by atoms with Gasteiger partial charge in [0.25, 0.3) is 0 Å². The fourth-order valence-electron chi connectivity index (χ4n) is 1.55. The van der Waals surface area contributed by atoms with Gasteiger partial charge in [0.1, 0.15) is 12.4 Å². The third-order valence-corrected chi connectivity index (χ3v) is 3.44. The molecular weight excluding hydrogens is 330 g/mol. The van der Waals surface area contributed by atoms with Gasteiger partial charge in [0, 0.05) is 11.9 Å². The van der Waals surface area contributed by atoms with Crippen molar-refractivity contribution in [2.75, 3.05) is 7.11 Å². The highest BCUT2D eigenvalue weighted by Crippen LogP contribution is 2.27. The minimum Gasteiger partial charge on any atom is -0.486 e. The molecule has 1 aromatic carbocycles. The maximum absolute atomic E-state index is 5.77. The molecule has 0 saturated heterocycles. The minimum absolute atomic E-state index is 0.385. The van der Waals surface area contributed by atoms with Crippen LogP contribution in [-0.2, 0) is 12.5 Å². The highest BCUT2D eigenvalue weighted by Gasteiger charge is 2.04. The lowest BCUT2D eigenvalue weighted by molar-refractivity contribution is 0.296. The molecule has 0 amide bonds. The summed E-state index contributed by atoms with van der Waals surface area (Å²) in [7, 11) is 1.59. The Hall–Kier alpha value is -1.26. The zero-order valence-corrected chi connectivity index (χ0v) is 12.7. The van der Waals surface area contributed by atoms with E-state index in [1.54, 1.807) is 13.2 Å². The first kappa shape index (κ1) is 14.2. The molecule has 0 unspecified atom stereocenters. The number of halogens is 2. The van der Waals surface area contributed by atoms with Gasteiger partial charge in [-0.05, 0) is 39.7 Å². The Kier molecular flexibility index (Phi) is 5.05. The van der Waals surface area contributed by atoms with Crippen molar-refractivity contribution in [2.45, 2.75) is 12.5 Å². The van der Waals surface area contributed by atoms with Gasteiger partial charge in [0.15, 0.2) is 0 Å². The smallest absolute Gasteiger partial charge is 0.213 e. The van der Waals surface area contributed by atoms with Crippen molar-refractivity contribution < 1.29 is 9.47 Å². The van der Waals surface area contributed by atoms with Crippen LogP contribution in [-0.4, -0.2) is 12.1 Å². The Morgan fingerprint density at radius 1 is 1.26 bits per heavy atom. The molecule has 19 heavy (non-hydrogen) atoms. The van der Waals surface area contributed by atoms with E-state index in [0.29, 0.717) is 18.4 Å². The molecule has 0 aliphatic rings. The molecule has 0 aliphatic carbocycles. The molecule has 2 aromatic rings. The molecule has 2 rings (SSSR count). The number of aromatic nitrogens is 1. The highest BCUT2D eigenvalue weighted by molar-refractivity contribution is 9.10. The van der Waals surface area contributed by atoms with Crippen LogP contribution in [0, 0.1) is 0 Å². The zero-order chi connectivity index (χ0) is 13.7. The summed E-state index contributed by atoms with van der Waals surface area (Å²) in [6, 6.07) is 11.4. The van der Waals surface area contributed by atoms with Crippen LogP contribution in [0.5, 0.6) is 11.6 Å². The fraction of sp³-hybridized carbons (Fsp3) is 0.214. The van der Waals surface area contributed by atoms with Crippen LogP contribution < -0.4 is 9.47 Å². The average molecular weight is 343 g/mol. The van der Waals surface area contributed by atoms with E-state index < -0.39 is 0 Å². The Balaban J connectivity index is 2.05. The van der Waals surface area contributed by atoms with Gasteiger partial charge in [-0.3, -0.25) is 0 Å². The summed E-state index contributed by atoms with van der Waals surface area (Å²) >= 11 is 9.23. The SMILES string of the molecule is COc1cccc(COc2ccc(CCl)cc2Br)n1. The van der Waals surface area contributed by atoms with Crippen LogP contribution in [0.3, 0.4) is 0 Å². The van der Waals surface area contributed by atoms with Crippen molar-refractivity contribution >= 4 is 27.5 Å². The van der Waals surface area contributed by atoms with Crippen molar-refractivity contribution in [1.82, 2.24) is 4.98 Å². The predicted molar refractivity (Wildman–Crippen MR) is 78.8 cm³/mol. The van der Waals surface area contributed by atoms with E-state index in [2.05, 4.69) is 20.9 Å². The normalized spacial score (nSPS) is 10.3. The minimum atomic E-state index is 0.385. The molecule has 0 fully saturated rings. The topological polar surface area (TPSA) is 31.4 Å². The summed E-state index contributed by atoms with van der Waals surface area (Å²) in [5.41, 5.74) is 1.85. The molecule has 3 nitrogen and oxygen atoms in total. The molecular formula is C14H13BrClNO2. The maximum Gasteiger partial charge on any atom is 0.213 e. The van der Waals surface area contributed by atoms with Crippen LogP contribution in [0.4, 0.5) is 0 Å². The summed E-state index contributed by atoms with van der Waals surface area (Å²) in [6.07, 6.45) is 0. The van der Waals surface area contributed by atoms with E-state index >= 15 is 0 Å². The molecule has 0 spiro atoms. The summed E-state index contributed by atoms with van der Waals surface area (Å²) in [5, 5.41) is 0. The number of nitrogens with zero attached hydrogens (tertiary/aromatic N) is 1. The molecule has 1 aromatic heterocycles. The van der Waals surface area contributed by atoms with E-state index in [-0.39, 0.29) is 0 Å². The van der Waals surface area contributed by atoms with Crippen molar-refractivity contribution in [1.29, 1.82) is 0 Å².